The largest absolute Gasteiger partial charge is 0.360 e. The van der Waals surface area contributed by atoms with Gasteiger partial charge in [-0.05, 0) is 12.5 Å². The van der Waals surface area contributed by atoms with E-state index in [1.165, 1.54) is 12.9 Å². The Morgan fingerprint density at radius 3 is 2.83 bits per heavy atom. The summed E-state index contributed by atoms with van der Waals surface area (Å²) in [4.78, 5) is 0. The van der Waals surface area contributed by atoms with Crippen molar-refractivity contribution in [3.8, 4) is 0 Å². The standard InChI is InChI=1S/C4H9BN/c1-4-2-5-6-3-4/h4,6H,2-3H2,1H3. The lowest BCUT2D eigenvalue weighted by molar-refractivity contribution is 0.679. The Balaban J connectivity index is 2.18. The third kappa shape index (κ3) is 0.746. The molecule has 0 aliphatic carbocycles. The van der Waals surface area contributed by atoms with Crippen LogP contribution in [0.5, 0.6) is 0 Å². The van der Waals surface area contributed by atoms with Crippen LogP contribution in [0.3, 0.4) is 0 Å². The fourth-order valence-corrected chi connectivity index (χ4v) is 0.652. The van der Waals surface area contributed by atoms with Crippen LogP contribution in [-0.2, 0) is 0 Å². The Labute approximate surface area is 39.4 Å². The summed E-state index contributed by atoms with van der Waals surface area (Å²) in [6.07, 6.45) is 1.25. The van der Waals surface area contributed by atoms with Crippen LogP contribution in [0.2, 0.25) is 6.32 Å². The summed E-state index contributed by atoms with van der Waals surface area (Å²) in [6, 6.07) is 0. The number of hydrogen-bond donors (Lipinski definition) is 1. The minimum absolute atomic E-state index is 0.880. The summed E-state index contributed by atoms with van der Waals surface area (Å²) in [6.45, 7) is 3.43. The highest BCUT2D eigenvalue weighted by Crippen LogP contribution is 2.02. The zero-order valence-electron chi connectivity index (χ0n) is 4.07. The monoisotopic (exact) mass is 82.1 g/mol. The van der Waals surface area contributed by atoms with Gasteiger partial charge in [-0.25, -0.2) is 0 Å². The van der Waals surface area contributed by atoms with E-state index in [-0.39, 0.29) is 0 Å². The van der Waals surface area contributed by atoms with Gasteiger partial charge in [0, 0.05) is 0 Å². The summed E-state index contributed by atoms with van der Waals surface area (Å²) < 4.78 is 0. The maximum absolute atomic E-state index is 3.15. The molecule has 1 aliphatic rings. The molecule has 1 rings (SSSR count). The van der Waals surface area contributed by atoms with Gasteiger partial charge in [-0.1, -0.05) is 13.2 Å². The number of hydrogen-bond acceptors (Lipinski definition) is 1. The molecule has 0 bridgehead atoms. The Bertz CT molecular complexity index is 40.8. The summed E-state index contributed by atoms with van der Waals surface area (Å²) in [5.74, 6) is 0.880. The highest BCUT2D eigenvalue weighted by Gasteiger charge is 2.07. The van der Waals surface area contributed by atoms with Crippen LogP contribution in [0.15, 0.2) is 0 Å². The molecule has 33 valence electrons. The lowest BCUT2D eigenvalue weighted by Crippen LogP contribution is -2.09. The summed E-state index contributed by atoms with van der Waals surface area (Å²) >= 11 is 0. The van der Waals surface area contributed by atoms with E-state index in [9.17, 15) is 0 Å². The van der Waals surface area contributed by atoms with Crippen molar-refractivity contribution < 1.29 is 0 Å². The van der Waals surface area contributed by atoms with Crippen LogP contribution in [-0.4, -0.2) is 14.0 Å². The van der Waals surface area contributed by atoms with Crippen molar-refractivity contribution in [3.63, 3.8) is 0 Å². The molecule has 0 spiro atoms. The van der Waals surface area contributed by atoms with E-state index in [1.54, 1.807) is 0 Å². The molecule has 1 N–H and O–H groups in total. The second kappa shape index (κ2) is 1.65. The molecule has 0 aromatic heterocycles. The SMILES string of the molecule is CC1C[B]NC1. The van der Waals surface area contributed by atoms with E-state index in [2.05, 4.69) is 19.6 Å². The first kappa shape index (κ1) is 4.19. The molecule has 0 saturated carbocycles. The van der Waals surface area contributed by atoms with Crippen LogP contribution in [0.1, 0.15) is 6.92 Å². The first-order valence-corrected chi connectivity index (χ1v) is 2.44. The average Bonchev–Trinajstić information content (AvgIpc) is 1.86. The Hall–Kier alpha value is 0.0249. The van der Waals surface area contributed by atoms with Gasteiger partial charge in [-0.15, -0.1) is 0 Å². The normalized spacial score (nSPS) is 33.2. The molecule has 2 heteroatoms. The van der Waals surface area contributed by atoms with Gasteiger partial charge in [-0.3, -0.25) is 0 Å². The zero-order valence-corrected chi connectivity index (χ0v) is 4.07. The number of rotatable bonds is 0. The van der Waals surface area contributed by atoms with Crippen LogP contribution in [0.25, 0.3) is 0 Å². The number of nitrogens with one attached hydrogen (secondary N) is 1. The van der Waals surface area contributed by atoms with Crippen molar-refractivity contribution >= 4 is 7.41 Å². The molecule has 1 atom stereocenters. The van der Waals surface area contributed by atoms with Crippen molar-refractivity contribution in [2.45, 2.75) is 13.2 Å². The van der Waals surface area contributed by atoms with Crippen molar-refractivity contribution in [2.24, 2.45) is 5.92 Å². The summed E-state index contributed by atoms with van der Waals surface area (Å²) in [5.41, 5.74) is 0. The minimum atomic E-state index is 0.880. The molecule has 1 nitrogen and oxygen atoms in total. The Morgan fingerprint density at radius 1 is 1.83 bits per heavy atom. The third-order valence-electron chi connectivity index (χ3n) is 1.13. The van der Waals surface area contributed by atoms with E-state index >= 15 is 0 Å². The third-order valence-corrected chi connectivity index (χ3v) is 1.13. The molecule has 1 fully saturated rings. The van der Waals surface area contributed by atoms with Gasteiger partial charge >= 0.3 is 0 Å². The molecule has 6 heavy (non-hydrogen) atoms. The second-order valence-corrected chi connectivity index (χ2v) is 1.95. The van der Waals surface area contributed by atoms with Gasteiger partial charge < -0.3 is 5.23 Å². The van der Waals surface area contributed by atoms with Crippen molar-refractivity contribution in [3.05, 3.63) is 0 Å². The van der Waals surface area contributed by atoms with E-state index in [4.69, 9.17) is 0 Å². The molecule has 0 aromatic rings. The van der Waals surface area contributed by atoms with Gasteiger partial charge in [0.2, 0.25) is 7.41 Å². The highest BCUT2D eigenvalue weighted by atomic mass is 14.8. The molecule has 1 heterocycles. The van der Waals surface area contributed by atoms with Gasteiger partial charge in [-0.2, -0.15) is 0 Å². The zero-order chi connectivity index (χ0) is 4.41. The van der Waals surface area contributed by atoms with E-state index < -0.39 is 0 Å². The minimum Gasteiger partial charge on any atom is -0.360 e. The topological polar surface area (TPSA) is 12.0 Å². The fourth-order valence-electron chi connectivity index (χ4n) is 0.652. The van der Waals surface area contributed by atoms with Crippen LogP contribution < -0.4 is 5.23 Å². The molecule has 1 radical (unpaired) electrons. The fraction of sp³-hybridized carbons (Fsp3) is 1.00. The first-order valence-electron chi connectivity index (χ1n) is 2.44. The lowest BCUT2D eigenvalue weighted by atomic mass is 9.89. The van der Waals surface area contributed by atoms with Gasteiger partial charge in [0.1, 0.15) is 0 Å². The van der Waals surface area contributed by atoms with Crippen LogP contribution >= 0.6 is 0 Å². The molecule has 1 saturated heterocycles. The van der Waals surface area contributed by atoms with Crippen LogP contribution in [0, 0.1) is 5.92 Å². The second-order valence-electron chi connectivity index (χ2n) is 1.95. The summed E-state index contributed by atoms with van der Waals surface area (Å²) in [5, 5.41) is 3.15. The van der Waals surface area contributed by atoms with Crippen molar-refractivity contribution in [1.29, 1.82) is 0 Å². The predicted octanol–water partition coefficient (Wildman–Crippen LogP) is 0.263. The van der Waals surface area contributed by atoms with E-state index in [1.807, 2.05) is 0 Å². The molecular weight excluding hydrogens is 72.9 g/mol. The molecule has 0 aromatic carbocycles. The van der Waals surface area contributed by atoms with Gasteiger partial charge in [0.25, 0.3) is 0 Å². The van der Waals surface area contributed by atoms with Gasteiger partial charge in [0.05, 0.1) is 0 Å². The quantitative estimate of drug-likeness (QED) is 0.413. The lowest BCUT2D eigenvalue weighted by Gasteiger charge is -1.91. The smallest absolute Gasteiger partial charge is 0.205 e. The summed E-state index contributed by atoms with van der Waals surface area (Å²) in [7, 11) is 2.13. The van der Waals surface area contributed by atoms with Crippen LogP contribution in [0.4, 0.5) is 0 Å². The molecular formula is C4H9BN. The Kier molecular flexibility index (Phi) is 1.15. The Morgan fingerprint density at radius 2 is 2.67 bits per heavy atom. The molecule has 1 unspecified atom stereocenters. The maximum atomic E-state index is 3.15. The average molecular weight is 81.9 g/mol. The van der Waals surface area contributed by atoms with Gasteiger partial charge in [0.15, 0.2) is 0 Å². The first-order chi connectivity index (χ1) is 2.89. The molecule has 0 amide bonds. The van der Waals surface area contributed by atoms with Crippen molar-refractivity contribution in [2.75, 3.05) is 6.54 Å². The van der Waals surface area contributed by atoms with E-state index in [0.29, 0.717) is 0 Å². The highest BCUT2D eigenvalue weighted by molar-refractivity contribution is 6.33. The molecule has 1 aliphatic heterocycles. The van der Waals surface area contributed by atoms with E-state index in [0.717, 1.165) is 5.92 Å². The van der Waals surface area contributed by atoms with Crippen molar-refractivity contribution in [1.82, 2.24) is 5.23 Å². The predicted molar refractivity (Wildman–Crippen MR) is 27.7 cm³/mol. The maximum Gasteiger partial charge on any atom is 0.205 e.